The lowest BCUT2D eigenvalue weighted by atomic mass is 10.4. The molecule has 0 radical (unpaired) electrons. The van der Waals surface area contributed by atoms with Crippen molar-refractivity contribution in [2.24, 2.45) is 5.11 Å². The summed E-state index contributed by atoms with van der Waals surface area (Å²) in [6, 6.07) is 0. The molecule has 4 heteroatoms. The van der Waals surface area contributed by atoms with Crippen molar-refractivity contribution in [3.05, 3.63) is 10.4 Å². The molecule has 0 fully saturated rings. The maximum absolute atomic E-state index is 7.86. The predicted molar refractivity (Wildman–Crippen MR) is 37.2 cm³/mol. The van der Waals surface area contributed by atoms with Gasteiger partial charge in [-0.05, 0) is 25.0 Å². The van der Waals surface area contributed by atoms with Gasteiger partial charge >= 0.3 is 0 Å². The first-order valence-corrected chi connectivity index (χ1v) is 3.13. The highest BCUT2D eigenvalue weighted by molar-refractivity contribution is 4.49. The smallest absolute Gasteiger partial charge is 0.0269 e. The minimum Gasteiger partial charge on any atom is -0.317 e. The van der Waals surface area contributed by atoms with E-state index in [-0.39, 0.29) is 0 Å². The number of azide groups is 1. The van der Waals surface area contributed by atoms with Crippen molar-refractivity contribution in [2.75, 3.05) is 19.6 Å². The molecule has 1 N–H and O–H groups in total. The second-order valence-corrected chi connectivity index (χ2v) is 1.66. The molecule has 0 aliphatic heterocycles. The van der Waals surface area contributed by atoms with Crippen LogP contribution in [0.5, 0.6) is 0 Å². The molecule has 0 aromatic heterocycles. The van der Waals surface area contributed by atoms with Crippen LogP contribution >= 0.6 is 0 Å². The summed E-state index contributed by atoms with van der Waals surface area (Å²) >= 11 is 0. The Kier molecular flexibility index (Phi) is 6.68. The lowest BCUT2D eigenvalue weighted by Gasteiger charge is -1.95. The van der Waals surface area contributed by atoms with E-state index < -0.39 is 0 Å². The van der Waals surface area contributed by atoms with Gasteiger partial charge < -0.3 is 5.32 Å². The second kappa shape index (κ2) is 7.27. The normalized spacial score (nSPS) is 8.56. The molecule has 0 unspecified atom stereocenters. The maximum atomic E-state index is 7.86. The molecule has 0 amide bonds. The van der Waals surface area contributed by atoms with Gasteiger partial charge in [-0.15, -0.1) is 0 Å². The van der Waals surface area contributed by atoms with Crippen LogP contribution in [0.3, 0.4) is 0 Å². The van der Waals surface area contributed by atoms with Gasteiger partial charge in [0.1, 0.15) is 0 Å². The van der Waals surface area contributed by atoms with Crippen LogP contribution in [-0.4, -0.2) is 19.6 Å². The third kappa shape index (κ3) is 7.27. The van der Waals surface area contributed by atoms with Crippen LogP contribution in [0.4, 0.5) is 0 Å². The Morgan fingerprint density at radius 2 is 2.44 bits per heavy atom. The Balaban J connectivity index is 2.82. The first kappa shape index (κ1) is 8.27. The van der Waals surface area contributed by atoms with Crippen LogP contribution < -0.4 is 5.32 Å². The molecule has 0 aliphatic rings. The van der Waals surface area contributed by atoms with E-state index in [0.29, 0.717) is 6.54 Å². The predicted octanol–water partition coefficient (Wildman–Crippen LogP) is 1.30. The largest absolute Gasteiger partial charge is 0.317 e. The SMILES string of the molecule is CCNCCCN=[N+]=[N-]. The topological polar surface area (TPSA) is 60.8 Å². The Labute approximate surface area is 54.9 Å². The summed E-state index contributed by atoms with van der Waals surface area (Å²) in [5.74, 6) is 0. The van der Waals surface area contributed by atoms with E-state index in [0.717, 1.165) is 19.5 Å². The summed E-state index contributed by atoms with van der Waals surface area (Å²) in [7, 11) is 0. The average molecular weight is 128 g/mol. The zero-order valence-corrected chi connectivity index (χ0v) is 5.67. The summed E-state index contributed by atoms with van der Waals surface area (Å²) in [4.78, 5) is 2.63. The van der Waals surface area contributed by atoms with E-state index >= 15 is 0 Å². The maximum Gasteiger partial charge on any atom is 0.0269 e. The highest BCUT2D eigenvalue weighted by Crippen LogP contribution is 1.77. The van der Waals surface area contributed by atoms with E-state index in [4.69, 9.17) is 5.53 Å². The van der Waals surface area contributed by atoms with Crippen molar-refractivity contribution in [1.82, 2.24) is 5.32 Å². The Morgan fingerprint density at radius 3 is 3.00 bits per heavy atom. The van der Waals surface area contributed by atoms with Gasteiger partial charge in [0.25, 0.3) is 0 Å². The van der Waals surface area contributed by atoms with Gasteiger partial charge in [-0.25, -0.2) is 0 Å². The quantitative estimate of drug-likeness (QED) is 0.258. The van der Waals surface area contributed by atoms with Crippen LogP contribution in [0.1, 0.15) is 13.3 Å². The lowest BCUT2D eigenvalue weighted by molar-refractivity contribution is 0.678. The number of nitrogens with one attached hydrogen (secondary N) is 1. The van der Waals surface area contributed by atoms with Crippen molar-refractivity contribution < 1.29 is 0 Å². The first-order valence-electron chi connectivity index (χ1n) is 3.13. The third-order valence-electron chi connectivity index (χ3n) is 0.925. The number of hydrogen-bond donors (Lipinski definition) is 1. The molecular weight excluding hydrogens is 116 g/mol. The highest BCUT2D eigenvalue weighted by atomic mass is 15.1. The fraction of sp³-hybridized carbons (Fsp3) is 1.00. The van der Waals surface area contributed by atoms with Crippen LogP contribution in [-0.2, 0) is 0 Å². The van der Waals surface area contributed by atoms with Crippen LogP contribution in [0.2, 0.25) is 0 Å². The van der Waals surface area contributed by atoms with Gasteiger partial charge in [0, 0.05) is 11.5 Å². The van der Waals surface area contributed by atoms with Gasteiger partial charge in [0.05, 0.1) is 0 Å². The molecule has 0 spiro atoms. The van der Waals surface area contributed by atoms with Crippen LogP contribution in [0, 0.1) is 0 Å². The zero-order chi connectivity index (χ0) is 6.95. The van der Waals surface area contributed by atoms with Crippen molar-refractivity contribution in [3.8, 4) is 0 Å². The standard InChI is InChI=1S/C5H12N4/c1-2-7-4-3-5-8-9-6/h7H,2-5H2,1H3. The fourth-order valence-electron chi connectivity index (χ4n) is 0.496. The van der Waals surface area contributed by atoms with Crippen molar-refractivity contribution in [2.45, 2.75) is 13.3 Å². The molecule has 0 bridgehead atoms. The summed E-state index contributed by atoms with van der Waals surface area (Å²) < 4.78 is 0. The van der Waals surface area contributed by atoms with E-state index in [2.05, 4.69) is 15.3 Å². The lowest BCUT2D eigenvalue weighted by Crippen LogP contribution is -2.14. The highest BCUT2D eigenvalue weighted by Gasteiger charge is 1.80. The number of hydrogen-bond acceptors (Lipinski definition) is 2. The molecule has 52 valence electrons. The van der Waals surface area contributed by atoms with Crippen LogP contribution in [0.15, 0.2) is 5.11 Å². The molecule has 0 atom stereocenters. The summed E-state index contributed by atoms with van der Waals surface area (Å²) in [6.45, 7) is 4.57. The average Bonchev–Trinajstić information content (AvgIpc) is 1.89. The van der Waals surface area contributed by atoms with Gasteiger partial charge in [-0.2, -0.15) is 0 Å². The van der Waals surface area contributed by atoms with E-state index in [1.54, 1.807) is 0 Å². The van der Waals surface area contributed by atoms with Crippen molar-refractivity contribution in [3.63, 3.8) is 0 Å². The summed E-state index contributed by atoms with van der Waals surface area (Å²) in [5.41, 5.74) is 7.86. The minimum absolute atomic E-state index is 0.601. The Bertz CT molecular complexity index is 95.1. The first-order chi connectivity index (χ1) is 4.41. The van der Waals surface area contributed by atoms with Crippen LogP contribution in [0.25, 0.3) is 10.4 Å². The monoisotopic (exact) mass is 128 g/mol. The van der Waals surface area contributed by atoms with Gasteiger partial charge in [0.2, 0.25) is 0 Å². The molecule has 0 heterocycles. The van der Waals surface area contributed by atoms with Crippen molar-refractivity contribution >= 4 is 0 Å². The molecule has 0 aromatic rings. The minimum atomic E-state index is 0.601. The molecule has 0 aliphatic carbocycles. The molecule has 0 saturated heterocycles. The van der Waals surface area contributed by atoms with Crippen molar-refractivity contribution in [1.29, 1.82) is 0 Å². The van der Waals surface area contributed by atoms with E-state index in [1.807, 2.05) is 6.92 Å². The molecule has 4 nitrogen and oxygen atoms in total. The van der Waals surface area contributed by atoms with Gasteiger partial charge in [-0.1, -0.05) is 12.0 Å². The summed E-state index contributed by atoms with van der Waals surface area (Å²) in [5, 5.41) is 6.51. The fourth-order valence-corrected chi connectivity index (χ4v) is 0.496. The van der Waals surface area contributed by atoms with E-state index in [9.17, 15) is 0 Å². The molecule has 0 rings (SSSR count). The Morgan fingerprint density at radius 1 is 1.67 bits per heavy atom. The molecule has 0 saturated carbocycles. The van der Waals surface area contributed by atoms with Gasteiger partial charge in [0.15, 0.2) is 0 Å². The molecule has 9 heavy (non-hydrogen) atoms. The number of nitrogens with zero attached hydrogens (tertiary/aromatic N) is 3. The Hall–Kier alpha value is -0.730. The third-order valence-corrected chi connectivity index (χ3v) is 0.925. The second-order valence-electron chi connectivity index (χ2n) is 1.66. The molecule has 0 aromatic carbocycles. The zero-order valence-electron chi connectivity index (χ0n) is 5.67. The number of rotatable bonds is 5. The molecular formula is C5H12N4. The van der Waals surface area contributed by atoms with E-state index in [1.165, 1.54) is 0 Å². The van der Waals surface area contributed by atoms with Gasteiger partial charge in [-0.3, -0.25) is 0 Å². The summed E-state index contributed by atoms with van der Waals surface area (Å²) in [6.07, 6.45) is 0.928.